The lowest BCUT2D eigenvalue weighted by atomic mass is 10.1. The van der Waals surface area contributed by atoms with Gasteiger partial charge in [0.2, 0.25) is 0 Å². The van der Waals surface area contributed by atoms with Gasteiger partial charge in [0.15, 0.2) is 0 Å². The summed E-state index contributed by atoms with van der Waals surface area (Å²) in [4.78, 5) is 2.23. The third-order valence-electron chi connectivity index (χ3n) is 3.21. The van der Waals surface area contributed by atoms with E-state index in [0.29, 0.717) is 6.54 Å². The average Bonchev–Trinajstić information content (AvgIpc) is 2.41. The van der Waals surface area contributed by atoms with Gasteiger partial charge in [-0.15, -0.1) is 0 Å². The minimum absolute atomic E-state index is 0.608. The Hall–Kier alpha value is -1.51. The molecule has 0 atom stereocenters. The maximum absolute atomic E-state index is 6.28. The molecule has 0 bridgehead atoms. The molecule has 2 aromatic rings. The van der Waals surface area contributed by atoms with Crippen LogP contribution in [0.25, 0.3) is 0 Å². The van der Waals surface area contributed by atoms with Gasteiger partial charge in [-0.1, -0.05) is 48.0 Å². The summed E-state index contributed by atoms with van der Waals surface area (Å²) >= 11 is 6.28. The molecule has 3 heteroatoms. The zero-order chi connectivity index (χ0) is 13.7. The molecule has 2 N–H and O–H groups in total. The van der Waals surface area contributed by atoms with Crippen LogP contribution in [0.5, 0.6) is 0 Å². The van der Waals surface area contributed by atoms with Gasteiger partial charge in [-0.2, -0.15) is 0 Å². The second-order valence-electron chi connectivity index (χ2n) is 4.59. The number of anilines is 1. The lowest BCUT2D eigenvalue weighted by molar-refractivity contribution is 0.787. The Labute approximate surface area is 119 Å². The van der Waals surface area contributed by atoms with E-state index in [0.717, 1.165) is 23.8 Å². The van der Waals surface area contributed by atoms with Crippen molar-refractivity contribution in [2.24, 2.45) is 5.73 Å². The summed E-state index contributed by atoms with van der Waals surface area (Å²) in [7, 11) is 0. The Morgan fingerprint density at radius 3 is 2.42 bits per heavy atom. The molecule has 0 spiro atoms. The molecule has 19 heavy (non-hydrogen) atoms. The minimum Gasteiger partial charge on any atom is -0.365 e. The van der Waals surface area contributed by atoms with E-state index >= 15 is 0 Å². The smallest absolute Gasteiger partial charge is 0.0639 e. The molecule has 2 aromatic carbocycles. The third-order valence-corrected chi connectivity index (χ3v) is 3.53. The van der Waals surface area contributed by atoms with Crippen LogP contribution in [0.2, 0.25) is 5.02 Å². The summed E-state index contributed by atoms with van der Waals surface area (Å²) < 4.78 is 0. The number of hydrogen-bond acceptors (Lipinski definition) is 2. The number of para-hydroxylation sites is 1. The summed E-state index contributed by atoms with van der Waals surface area (Å²) in [6.07, 6.45) is 0. The SMILES string of the molecule is Cc1ccccc1CN(CCN)c1ccccc1Cl. The summed E-state index contributed by atoms with van der Waals surface area (Å²) in [6.45, 7) is 4.35. The van der Waals surface area contributed by atoms with Crippen molar-refractivity contribution in [3.63, 3.8) is 0 Å². The maximum atomic E-state index is 6.28. The van der Waals surface area contributed by atoms with E-state index in [-0.39, 0.29) is 0 Å². The molecule has 2 nitrogen and oxygen atoms in total. The van der Waals surface area contributed by atoms with Gasteiger partial charge in [0.05, 0.1) is 10.7 Å². The number of nitrogens with zero attached hydrogens (tertiary/aromatic N) is 1. The molecule has 0 fully saturated rings. The van der Waals surface area contributed by atoms with Crippen LogP contribution in [0.3, 0.4) is 0 Å². The molecule has 0 saturated carbocycles. The van der Waals surface area contributed by atoms with Crippen molar-refractivity contribution in [1.82, 2.24) is 0 Å². The molecule has 100 valence electrons. The van der Waals surface area contributed by atoms with Gasteiger partial charge in [-0.3, -0.25) is 0 Å². The fourth-order valence-corrected chi connectivity index (χ4v) is 2.40. The van der Waals surface area contributed by atoms with Crippen molar-refractivity contribution in [2.75, 3.05) is 18.0 Å². The first-order valence-corrected chi connectivity index (χ1v) is 6.84. The van der Waals surface area contributed by atoms with E-state index in [2.05, 4.69) is 36.1 Å². The molecule has 0 amide bonds. The number of rotatable bonds is 5. The zero-order valence-corrected chi connectivity index (χ0v) is 11.9. The third kappa shape index (κ3) is 3.49. The molecule has 0 unspecified atom stereocenters. The summed E-state index contributed by atoms with van der Waals surface area (Å²) in [5, 5.41) is 0.768. The minimum atomic E-state index is 0.608. The molecule has 0 aliphatic rings. The van der Waals surface area contributed by atoms with E-state index < -0.39 is 0 Å². The first-order chi connectivity index (χ1) is 9.22. The van der Waals surface area contributed by atoms with Crippen molar-refractivity contribution >= 4 is 17.3 Å². The van der Waals surface area contributed by atoms with E-state index in [1.54, 1.807) is 0 Å². The van der Waals surface area contributed by atoms with Crippen LogP contribution < -0.4 is 10.6 Å². The number of hydrogen-bond donors (Lipinski definition) is 1. The Bertz CT molecular complexity index is 540. The monoisotopic (exact) mass is 274 g/mol. The fraction of sp³-hybridized carbons (Fsp3) is 0.250. The highest BCUT2D eigenvalue weighted by Crippen LogP contribution is 2.26. The standard InChI is InChI=1S/C16H19ClN2/c1-13-6-2-3-7-14(13)12-19(11-10-18)16-9-5-4-8-15(16)17/h2-9H,10-12,18H2,1H3. The van der Waals surface area contributed by atoms with Crippen LogP contribution >= 0.6 is 11.6 Å². The summed E-state index contributed by atoms with van der Waals surface area (Å²) in [5.41, 5.74) is 9.35. The van der Waals surface area contributed by atoms with E-state index in [1.807, 2.05) is 24.3 Å². The van der Waals surface area contributed by atoms with E-state index in [1.165, 1.54) is 11.1 Å². The molecular weight excluding hydrogens is 256 g/mol. The highest BCUT2D eigenvalue weighted by molar-refractivity contribution is 6.33. The maximum Gasteiger partial charge on any atom is 0.0639 e. The highest BCUT2D eigenvalue weighted by atomic mass is 35.5. The molecule has 0 saturated heterocycles. The zero-order valence-electron chi connectivity index (χ0n) is 11.1. The van der Waals surface area contributed by atoms with Crippen LogP contribution in [0.4, 0.5) is 5.69 Å². The normalized spacial score (nSPS) is 10.5. The quantitative estimate of drug-likeness (QED) is 0.902. The molecule has 0 heterocycles. The largest absolute Gasteiger partial charge is 0.365 e. The van der Waals surface area contributed by atoms with Gasteiger partial charge < -0.3 is 10.6 Å². The van der Waals surface area contributed by atoms with Gasteiger partial charge >= 0.3 is 0 Å². The lowest BCUT2D eigenvalue weighted by Gasteiger charge is -2.26. The molecular formula is C16H19ClN2. The fourth-order valence-electron chi connectivity index (χ4n) is 2.14. The second-order valence-corrected chi connectivity index (χ2v) is 5.00. The van der Waals surface area contributed by atoms with Crippen LogP contribution in [0.1, 0.15) is 11.1 Å². The topological polar surface area (TPSA) is 29.3 Å². The average molecular weight is 275 g/mol. The number of aryl methyl sites for hydroxylation is 1. The van der Waals surface area contributed by atoms with Gasteiger partial charge in [0, 0.05) is 19.6 Å². The molecule has 0 radical (unpaired) electrons. The van der Waals surface area contributed by atoms with Crippen molar-refractivity contribution in [3.8, 4) is 0 Å². The molecule has 2 rings (SSSR count). The second kappa shape index (κ2) is 6.60. The lowest BCUT2D eigenvalue weighted by Crippen LogP contribution is -2.29. The first-order valence-electron chi connectivity index (χ1n) is 6.46. The first kappa shape index (κ1) is 13.9. The van der Waals surface area contributed by atoms with Crippen LogP contribution in [-0.2, 0) is 6.54 Å². The van der Waals surface area contributed by atoms with Gasteiger partial charge in [0.25, 0.3) is 0 Å². The highest BCUT2D eigenvalue weighted by Gasteiger charge is 2.10. The Morgan fingerprint density at radius 1 is 1.05 bits per heavy atom. The predicted octanol–water partition coefficient (Wildman–Crippen LogP) is 3.61. The number of halogens is 1. The van der Waals surface area contributed by atoms with Crippen molar-refractivity contribution in [2.45, 2.75) is 13.5 Å². The van der Waals surface area contributed by atoms with Crippen LogP contribution in [0, 0.1) is 6.92 Å². The Morgan fingerprint density at radius 2 is 1.74 bits per heavy atom. The predicted molar refractivity (Wildman–Crippen MR) is 82.7 cm³/mol. The summed E-state index contributed by atoms with van der Waals surface area (Å²) in [6, 6.07) is 16.3. The molecule has 0 aliphatic heterocycles. The van der Waals surface area contributed by atoms with Gasteiger partial charge in [-0.25, -0.2) is 0 Å². The van der Waals surface area contributed by atoms with Crippen molar-refractivity contribution < 1.29 is 0 Å². The van der Waals surface area contributed by atoms with Crippen LogP contribution in [-0.4, -0.2) is 13.1 Å². The van der Waals surface area contributed by atoms with Crippen molar-refractivity contribution in [3.05, 3.63) is 64.7 Å². The van der Waals surface area contributed by atoms with E-state index in [4.69, 9.17) is 17.3 Å². The van der Waals surface area contributed by atoms with Gasteiger partial charge in [-0.05, 0) is 30.2 Å². The summed E-state index contributed by atoms with van der Waals surface area (Å²) in [5.74, 6) is 0. The van der Waals surface area contributed by atoms with E-state index in [9.17, 15) is 0 Å². The number of nitrogens with two attached hydrogens (primary N) is 1. The number of benzene rings is 2. The Kier molecular flexibility index (Phi) is 4.83. The van der Waals surface area contributed by atoms with Crippen LogP contribution in [0.15, 0.2) is 48.5 Å². The van der Waals surface area contributed by atoms with Crippen molar-refractivity contribution in [1.29, 1.82) is 0 Å². The molecule has 0 aliphatic carbocycles. The van der Waals surface area contributed by atoms with Gasteiger partial charge in [0.1, 0.15) is 0 Å². The molecule has 0 aromatic heterocycles. The Balaban J connectivity index is 2.27.